The van der Waals surface area contributed by atoms with E-state index in [0.717, 1.165) is 22.3 Å². The van der Waals surface area contributed by atoms with Crippen LogP contribution in [-0.2, 0) is 10.8 Å². The molecular formula is C24H22N4OS. The fourth-order valence-electron chi connectivity index (χ4n) is 3.49. The van der Waals surface area contributed by atoms with Gasteiger partial charge in [-0.2, -0.15) is 0 Å². The number of anilines is 4. The summed E-state index contributed by atoms with van der Waals surface area (Å²) in [7, 11) is -1.64. The van der Waals surface area contributed by atoms with Crippen LogP contribution in [0.2, 0.25) is 0 Å². The van der Waals surface area contributed by atoms with Crippen LogP contribution in [0.3, 0.4) is 0 Å². The first-order chi connectivity index (χ1) is 14.5. The van der Waals surface area contributed by atoms with Crippen LogP contribution in [0.5, 0.6) is 0 Å². The summed E-state index contributed by atoms with van der Waals surface area (Å²) >= 11 is 0. The van der Waals surface area contributed by atoms with E-state index in [1.807, 2.05) is 60.7 Å². The highest BCUT2D eigenvalue weighted by molar-refractivity contribution is 7.85. The predicted octanol–water partition coefficient (Wildman–Crippen LogP) is 4.52. The van der Waals surface area contributed by atoms with Crippen LogP contribution in [0.4, 0.5) is 22.7 Å². The van der Waals surface area contributed by atoms with Crippen molar-refractivity contribution in [2.75, 3.05) is 22.9 Å². The lowest BCUT2D eigenvalue weighted by molar-refractivity contribution is 0.684. The van der Waals surface area contributed by atoms with Crippen LogP contribution < -0.4 is 22.9 Å². The molecule has 0 amide bonds. The molecule has 0 aromatic heterocycles. The quantitative estimate of drug-likeness (QED) is 0.366. The minimum absolute atomic E-state index is 0.426. The maximum atomic E-state index is 13.9. The van der Waals surface area contributed by atoms with Gasteiger partial charge in [-0.3, -0.25) is 0 Å². The minimum Gasteiger partial charge on any atom is -0.399 e. The number of benzene rings is 4. The lowest BCUT2D eigenvalue weighted by Gasteiger charge is -2.17. The summed E-state index contributed by atoms with van der Waals surface area (Å²) in [5.74, 6) is 0. The Kier molecular flexibility index (Phi) is 5.16. The fourth-order valence-corrected chi connectivity index (χ4v) is 5.03. The molecule has 0 aliphatic carbocycles. The smallest absolute Gasteiger partial charge is 0.0904 e. The van der Waals surface area contributed by atoms with E-state index in [9.17, 15) is 4.21 Å². The molecule has 4 aromatic carbocycles. The van der Waals surface area contributed by atoms with Gasteiger partial charge in [0.05, 0.1) is 20.6 Å². The molecular weight excluding hydrogens is 392 g/mol. The molecule has 30 heavy (non-hydrogen) atoms. The Morgan fingerprint density at radius 3 is 1.33 bits per heavy atom. The van der Waals surface area contributed by atoms with Gasteiger partial charge in [0.25, 0.3) is 0 Å². The highest BCUT2D eigenvalue weighted by Crippen LogP contribution is 2.39. The molecule has 6 heteroatoms. The number of hydrogen-bond donors (Lipinski definition) is 4. The van der Waals surface area contributed by atoms with Gasteiger partial charge in [0, 0.05) is 33.9 Å². The van der Waals surface area contributed by atoms with Crippen molar-refractivity contribution in [2.45, 2.75) is 9.79 Å². The Bertz CT molecular complexity index is 1170. The zero-order valence-corrected chi connectivity index (χ0v) is 17.0. The highest BCUT2D eigenvalue weighted by atomic mass is 32.2. The largest absolute Gasteiger partial charge is 0.399 e. The third-order valence-electron chi connectivity index (χ3n) is 4.86. The van der Waals surface area contributed by atoms with Crippen molar-refractivity contribution in [1.82, 2.24) is 0 Å². The van der Waals surface area contributed by atoms with E-state index in [1.54, 1.807) is 24.3 Å². The van der Waals surface area contributed by atoms with Crippen molar-refractivity contribution in [3.05, 3.63) is 84.9 Å². The van der Waals surface area contributed by atoms with E-state index >= 15 is 0 Å². The van der Waals surface area contributed by atoms with Crippen molar-refractivity contribution in [2.24, 2.45) is 0 Å². The van der Waals surface area contributed by atoms with Crippen LogP contribution in [-0.4, -0.2) is 4.21 Å². The van der Waals surface area contributed by atoms with Crippen LogP contribution in [0.15, 0.2) is 94.7 Å². The summed E-state index contributed by atoms with van der Waals surface area (Å²) in [6.07, 6.45) is 0. The number of nitrogens with two attached hydrogens (primary N) is 4. The number of nitrogen functional groups attached to an aromatic ring is 4. The van der Waals surface area contributed by atoms with E-state index in [1.165, 1.54) is 0 Å². The van der Waals surface area contributed by atoms with Crippen LogP contribution in [0.1, 0.15) is 0 Å². The molecule has 4 aromatic rings. The van der Waals surface area contributed by atoms with E-state index in [-0.39, 0.29) is 0 Å². The Labute approximate surface area is 177 Å². The van der Waals surface area contributed by atoms with Gasteiger partial charge < -0.3 is 22.9 Å². The van der Waals surface area contributed by atoms with Gasteiger partial charge in [-0.25, -0.2) is 4.21 Å². The Morgan fingerprint density at radius 1 is 0.533 bits per heavy atom. The summed E-state index contributed by atoms with van der Waals surface area (Å²) in [6, 6.07) is 25.7. The van der Waals surface area contributed by atoms with Crippen LogP contribution in [0, 0.1) is 0 Å². The second-order valence-electron chi connectivity index (χ2n) is 6.97. The van der Waals surface area contributed by atoms with Gasteiger partial charge in [-0.05, 0) is 47.5 Å². The monoisotopic (exact) mass is 414 g/mol. The topological polar surface area (TPSA) is 121 Å². The Morgan fingerprint density at radius 2 is 0.933 bits per heavy atom. The third kappa shape index (κ3) is 3.60. The molecule has 0 fully saturated rings. The summed E-state index contributed by atoms with van der Waals surface area (Å²) < 4.78 is 13.9. The Balaban J connectivity index is 1.94. The average molecular weight is 415 g/mol. The molecule has 0 unspecified atom stereocenters. The standard InChI is InChI=1S/C24H22N4OS/c25-17-7-1-5-15(13-17)19-9-3-11-21(27)23(19)30(29)24-20(10-4-12-22(24)28)16-6-2-8-18(26)14-16/h1-14H,25-28H2. The van der Waals surface area contributed by atoms with Crippen molar-refractivity contribution in [3.63, 3.8) is 0 Å². The van der Waals surface area contributed by atoms with Gasteiger partial charge in [0.2, 0.25) is 0 Å². The van der Waals surface area contributed by atoms with Gasteiger partial charge in [0.15, 0.2) is 0 Å². The Hall–Kier alpha value is -3.77. The second-order valence-corrected chi connectivity index (χ2v) is 8.32. The summed E-state index contributed by atoms with van der Waals surface area (Å²) in [5, 5.41) is 0. The summed E-state index contributed by atoms with van der Waals surface area (Å²) in [5.41, 5.74) is 29.8. The first-order valence-corrected chi connectivity index (χ1v) is 10.5. The minimum atomic E-state index is -1.64. The van der Waals surface area contributed by atoms with Crippen molar-refractivity contribution >= 4 is 33.5 Å². The average Bonchev–Trinajstić information content (AvgIpc) is 2.73. The maximum Gasteiger partial charge on any atom is 0.0904 e. The number of rotatable bonds is 4. The zero-order chi connectivity index (χ0) is 21.3. The predicted molar refractivity (Wildman–Crippen MR) is 126 cm³/mol. The first kappa shape index (κ1) is 19.5. The molecule has 0 spiro atoms. The van der Waals surface area contributed by atoms with Crippen molar-refractivity contribution in [1.29, 1.82) is 0 Å². The van der Waals surface area contributed by atoms with Crippen LogP contribution >= 0.6 is 0 Å². The van der Waals surface area contributed by atoms with Gasteiger partial charge in [-0.1, -0.05) is 48.5 Å². The second kappa shape index (κ2) is 7.93. The van der Waals surface area contributed by atoms with Gasteiger partial charge in [-0.15, -0.1) is 0 Å². The van der Waals surface area contributed by atoms with Crippen molar-refractivity contribution < 1.29 is 4.21 Å². The lowest BCUT2D eigenvalue weighted by Crippen LogP contribution is -2.06. The molecule has 8 N–H and O–H groups in total. The molecule has 0 aliphatic rings. The molecule has 0 atom stereocenters. The molecule has 0 saturated carbocycles. The van der Waals surface area contributed by atoms with Gasteiger partial charge in [0.1, 0.15) is 0 Å². The molecule has 4 rings (SSSR count). The van der Waals surface area contributed by atoms with E-state index in [4.69, 9.17) is 22.9 Å². The molecule has 150 valence electrons. The maximum absolute atomic E-state index is 13.9. The first-order valence-electron chi connectivity index (χ1n) is 9.36. The molecule has 0 aliphatic heterocycles. The summed E-state index contributed by atoms with van der Waals surface area (Å²) in [4.78, 5) is 1.01. The normalized spacial score (nSPS) is 11.0. The van der Waals surface area contributed by atoms with E-state index < -0.39 is 10.8 Å². The fraction of sp³-hybridized carbons (Fsp3) is 0. The molecule has 0 bridgehead atoms. The van der Waals surface area contributed by atoms with Crippen molar-refractivity contribution in [3.8, 4) is 22.3 Å². The molecule has 0 radical (unpaired) electrons. The number of hydrogen-bond acceptors (Lipinski definition) is 5. The summed E-state index contributed by atoms with van der Waals surface area (Å²) in [6.45, 7) is 0. The van der Waals surface area contributed by atoms with E-state index in [0.29, 0.717) is 32.5 Å². The SMILES string of the molecule is Nc1cccc(-c2cccc(N)c2S(=O)c2c(N)cccc2-c2cccc(N)c2)c1. The molecule has 0 saturated heterocycles. The zero-order valence-electron chi connectivity index (χ0n) is 16.2. The van der Waals surface area contributed by atoms with E-state index in [2.05, 4.69) is 0 Å². The lowest BCUT2D eigenvalue weighted by atomic mass is 10.0. The molecule has 0 heterocycles. The third-order valence-corrected chi connectivity index (χ3v) is 6.51. The highest BCUT2D eigenvalue weighted by Gasteiger charge is 2.22. The van der Waals surface area contributed by atoms with Gasteiger partial charge >= 0.3 is 0 Å². The molecule has 5 nitrogen and oxygen atoms in total. The van der Waals surface area contributed by atoms with Crippen LogP contribution in [0.25, 0.3) is 22.3 Å².